The molecule has 6 nitrogen and oxygen atoms in total. The van der Waals surface area contributed by atoms with Crippen molar-refractivity contribution in [2.24, 2.45) is 0 Å². The van der Waals surface area contributed by atoms with E-state index in [9.17, 15) is 22.0 Å². The van der Waals surface area contributed by atoms with Crippen LogP contribution in [0.3, 0.4) is 0 Å². The number of carbonyl (C=O) groups excluding carboxylic acids is 1. The third-order valence-corrected chi connectivity index (χ3v) is 5.04. The van der Waals surface area contributed by atoms with Crippen molar-refractivity contribution in [3.05, 3.63) is 59.7 Å². The molecule has 0 atom stereocenters. The summed E-state index contributed by atoms with van der Waals surface area (Å²) in [7, 11) is -3.66. The zero-order chi connectivity index (χ0) is 20.9. The second kappa shape index (κ2) is 9.01. The van der Waals surface area contributed by atoms with Crippen LogP contribution in [0.15, 0.2) is 42.5 Å². The molecule has 0 radical (unpaired) electrons. The van der Waals surface area contributed by atoms with Crippen molar-refractivity contribution < 1.29 is 26.2 Å². The van der Waals surface area contributed by atoms with Crippen LogP contribution < -0.4 is 9.50 Å². The van der Waals surface area contributed by atoms with Gasteiger partial charge >= 0.3 is 16.1 Å². The summed E-state index contributed by atoms with van der Waals surface area (Å²) in [4.78, 5) is 14.1. The zero-order valence-corrected chi connectivity index (χ0v) is 16.6. The van der Waals surface area contributed by atoms with E-state index in [0.717, 1.165) is 12.1 Å². The molecule has 2 rings (SSSR count). The third kappa shape index (κ3) is 5.91. The Kier molecular flexibility index (Phi) is 6.95. The van der Waals surface area contributed by atoms with Gasteiger partial charge in [0.15, 0.2) is 11.6 Å². The summed E-state index contributed by atoms with van der Waals surface area (Å²) in [6.07, 6.45) is 0. The van der Waals surface area contributed by atoms with Gasteiger partial charge in [0.05, 0.1) is 5.75 Å². The molecule has 2 aromatic carbocycles. The number of anilines is 1. The number of halogens is 2. The SMILES string of the molecule is CCS(=O)(=O)Oc1cccc(CN(C(=O)Nc2ccc(F)c(F)c2)C(C)C)c1. The monoisotopic (exact) mass is 412 g/mol. The largest absolute Gasteiger partial charge is 0.382 e. The fraction of sp³-hybridized carbons (Fsp3) is 0.316. The quantitative estimate of drug-likeness (QED) is 0.694. The van der Waals surface area contributed by atoms with E-state index in [2.05, 4.69) is 5.32 Å². The van der Waals surface area contributed by atoms with Crippen molar-refractivity contribution in [1.82, 2.24) is 4.90 Å². The predicted molar refractivity (Wildman–Crippen MR) is 103 cm³/mol. The fourth-order valence-electron chi connectivity index (χ4n) is 2.36. The molecule has 1 N–H and O–H groups in total. The summed E-state index contributed by atoms with van der Waals surface area (Å²) < 4.78 is 54.6. The number of nitrogens with zero attached hydrogens (tertiary/aromatic N) is 1. The molecule has 0 unspecified atom stereocenters. The Morgan fingerprint density at radius 1 is 1.14 bits per heavy atom. The molecule has 0 saturated heterocycles. The molecule has 0 aromatic heterocycles. The third-order valence-electron chi connectivity index (χ3n) is 3.88. The maximum atomic E-state index is 13.3. The van der Waals surface area contributed by atoms with Crippen molar-refractivity contribution >= 4 is 21.8 Å². The molecule has 0 bridgehead atoms. The van der Waals surface area contributed by atoms with Crippen LogP contribution in [0.2, 0.25) is 0 Å². The minimum absolute atomic E-state index is 0.126. The Morgan fingerprint density at radius 3 is 2.46 bits per heavy atom. The Hall–Kier alpha value is -2.68. The van der Waals surface area contributed by atoms with E-state index in [1.165, 1.54) is 30.0 Å². The Balaban J connectivity index is 2.16. The molecular formula is C19H22F2N2O4S. The van der Waals surface area contributed by atoms with Crippen molar-refractivity contribution in [2.75, 3.05) is 11.1 Å². The topological polar surface area (TPSA) is 75.7 Å². The molecule has 28 heavy (non-hydrogen) atoms. The number of hydrogen-bond acceptors (Lipinski definition) is 4. The number of nitrogens with one attached hydrogen (secondary N) is 1. The molecule has 2 aromatic rings. The van der Waals surface area contributed by atoms with Gasteiger partial charge in [-0.05, 0) is 50.6 Å². The van der Waals surface area contributed by atoms with Gasteiger partial charge in [0.2, 0.25) is 0 Å². The van der Waals surface area contributed by atoms with Gasteiger partial charge in [0, 0.05) is 24.3 Å². The minimum Gasteiger partial charge on any atom is -0.382 e. The molecule has 0 spiro atoms. The van der Waals surface area contributed by atoms with Crippen LogP contribution in [0.25, 0.3) is 0 Å². The van der Waals surface area contributed by atoms with Crippen LogP contribution in [0, 0.1) is 11.6 Å². The second-order valence-corrected chi connectivity index (χ2v) is 8.22. The number of rotatable bonds is 7. The molecular weight excluding hydrogens is 390 g/mol. The Bertz CT molecular complexity index is 949. The molecule has 0 aliphatic carbocycles. The number of carbonyl (C=O) groups is 1. The normalized spacial score (nSPS) is 11.4. The van der Waals surface area contributed by atoms with Crippen molar-refractivity contribution in [3.63, 3.8) is 0 Å². The van der Waals surface area contributed by atoms with Gasteiger partial charge in [0.25, 0.3) is 0 Å². The lowest BCUT2D eigenvalue weighted by Gasteiger charge is -2.27. The maximum Gasteiger partial charge on any atom is 0.322 e. The highest BCUT2D eigenvalue weighted by Crippen LogP contribution is 2.19. The molecule has 0 saturated carbocycles. The van der Waals surface area contributed by atoms with Crippen LogP contribution in [0.5, 0.6) is 5.75 Å². The van der Waals surface area contributed by atoms with Gasteiger partial charge in [-0.2, -0.15) is 8.42 Å². The first-order valence-electron chi connectivity index (χ1n) is 8.65. The Labute approximate surface area is 163 Å². The minimum atomic E-state index is -3.66. The fourth-order valence-corrected chi connectivity index (χ4v) is 2.87. The van der Waals surface area contributed by atoms with E-state index in [-0.39, 0.29) is 29.8 Å². The molecule has 0 aliphatic rings. The first-order valence-corrected chi connectivity index (χ1v) is 10.2. The summed E-state index contributed by atoms with van der Waals surface area (Å²) in [5, 5.41) is 2.53. The summed E-state index contributed by atoms with van der Waals surface area (Å²) in [6, 6.07) is 8.77. The Morgan fingerprint density at radius 2 is 1.86 bits per heavy atom. The second-order valence-electron chi connectivity index (χ2n) is 6.36. The van der Waals surface area contributed by atoms with Gasteiger partial charge in [-0.25, -0.2) is 13.6 Å². The average molecular weight is 412 g/mol. The van der Waals surface area contributed by atoms with Gasteiger partial charge < -0.3 is 14.4 Å². The smallest absolute Gasteiger partial charge is 0.322 e. The van der Waals surface area contributed by atoms with Gasteiger partial charge in [-0.1, -0.05) is 12.1 Å². The lowest BCUT2D eigenvalue weighted by molar-refractivity contribution is 0.193. The van der Waals surface area contributed by atoms with E-state index < -0.39 is 27.8 Å². The first kappa shape index (κ1) is 21.6. The van der Waals surface area contributed by atoms with E-state index in [1.807, 2.05) is 0 Å². The van der Waals surface area contributed by atoms with Gasteiger partial charge in [0.1, 0.15) is 5.75 Å². The van der Waals surface area contributed by atoms with Gasteiger partial charge in [-0.3, -0.25) is 0 Å². The molecule has 152 valence electrons. The molecule has 2 amide bonds. The molecule has 0 aliphatic heterocycles. The molecule has 0 fully saturated rings. The summed E-state index contributed by atoms with van der Waals surface area (Å²) in [5.74, 6) is -2.07. The van der Waals surface area contributed by atoms with E-state index in [0.29, 0.717) is 5.56 Å². The summed E-state index contributed by atoms with van der Waals surface area (Å²) in [6.45, 7) is 5.23. The number of amides is 2. The van der Waals surface area contributed by atoms with Crippen LogP contribution in [-0.4, -0.2) is 31.1 Å². The predicted octanol–water partition coefficient (Wildman–Crippen LogP) is 4.14. The summed E-state index contributed by atoms with van der Waals surface area (Å²) in [5.41, 5.74) is 0.776. The van der Waals surface area contributed by atoms with Crippen molar-refractivity contribution in [1.29, 1.82) is 0 Å². The van der Waals surface area contributed by atoms with Crippen LogP contribution in [0.1, 0.15) is 26.3 Å². The maximum absolute atomic E-state index is 13.3. The standard InChI is InChI=1S/C19H22F2N2O4S/c1-4-28(25,26)27-16-7-5-6-14(10-16)12-23(13(2)3)19(24)22-15-8-9-17(20)18(21)11-15/h5-11,13H,4,12H2,1-3H3,(H,22,24). The molecule has 0 heterocycles. The lowest BCUT2D eigenvalue weighted by atomic mass is 10.2. The average Bonchev–Trinajstić information content (AvgIpc) is 2.62. The van der Waals surface area contributed by atoms with Crippen molar-refractivity contribution in [3.8, 4) is 5.75 Å². The number of hydrogen-bond donors (Lipinski definition) is 1. The van der Waals surface area contributed by atoms with Crippen LogP contribution in [0.4, 0.5) is 19.3 Å². The molecule has 9 heteroatoms. The highest BCUT2D eigenvalue weighted by Gasteiger charge is 2.19. The van der Waals surface area contributed by atoms with E-state index in [1.54, 1.807) is 26.0 Å². The number of urea groups is 1. The van der Waals surface area contributed by atoms with E-state index >= 15 is 0 Å². The van der Waals surface area contributed by atoms with Crippen molar-refractivity contribution in [2.45, 2.75) is 33.4 Å². The highest BCUT2D eigenvalue weighted by molar-refractivity contribution is 7.87. The van der Waals surface area contributed by atoms with E-state index in [4.69, 9.17) is 4.18 Å². The highest BCUT2D eigenvalue weighted by atomic mass is 32.2. The lowest BCUT2D eigenvalue weighted by Crippen LogP contribution is -2.39. The first-order chi connectivity index (χ1) is 13.1. The van der Waals surface area contributed by atoms with Gasteiger partial charge in [-0.15, -0.1) is 0 Å². The van der Waals surface area contributed by atoms with Crippen LogP contribution in [-0.2, 0) is 16.7 Å². The zero-order valence-electron chi connectivity index (χ0n) is 15.8. The number of benzene rings is 2. The van der Waals surface area contributed by atoms with Crippen LogP contribution >= 0.6 is 0 Å². The summed E-state index contributed by atoms with van der Waals surface area (Å²) >= 11 is 0.